The normalized spacial score (nSPS) is 20.2. The molecule has 0 radical (unpaired) electrons. The first-order valence-electron chi connectivity index (χ1n) is 5.49. The van der Waals surface area contributed by atoms with Gasteiger partial charge in [-0.25, -0.2) is 0 Å². The molecule has 0 aromatic carbocycles. The highest BCUT2D eigenvalue weighted by Gasteiger charge is 2.07. The number of aliphatic imine (C=N–C) groups is 2. The minimum Gasteiger partial charge on any atom is -0.286 e. The average Bonchev–Trinajstić information content (AvgIpc) is 2.35. The van der Waals surface area contributed by atoms with E-state index in [1.165, 1.54) is 0 Å². The number of hydrogen-bond acceptors (Lipinski definition) is 2. The van der Waals surface area contributed by atoms with Crippen LogP contribution in [0.3, 0.4) is 0 Å². The summed E-state index contributed by atoms with van der Waals surface area (Å²) in [5.41, 5.74) is 1.99. The molecule has 0 fully saturated rings. The zero-order chi connectivity index (χ0) is 12.4. The summed E-state index contributed by atoms with van der Waals surface area (Å²) in [6, 6.07) is 0. The molecule has 0 aromatic heterocycles. The Labute approximate surface area is 98.9 Å². The molecule has 1 aliphatic rings. The smallest absolute Gasteiger partial charge is 0.0837 e. The van der Waals surface area contributed by atoms with Crippen LogP contribution in [0.4, 0.5) is 0 Å². The predicted molar refractivity (Wildman–Crippen MR) is 73.0 cm³/mol. The Morgan fingerprint density at radius 1 is 1.62 bits per heavy atom. The van der Waals surface area contributed by atoms with Crippen LogP contribution < -0.4 is 0 Å². The summed E-state index contributed by atoms with van der Waals surface area (Å²) in [7, 11) is 1.81. The lowest BCUT2D eigenvalue weighted by atomic mass is 10.0. The van der Waals surface area contributed by atoms with Crippen molar-refractivity contribution in [2.24, 2.45) is 15.9 Å². The van der Waals surface area contributed by atoms with Crippen LogP contribution in [-0.2, 0) is 0 Å². The molecule has 0 aromatic rings. The molecule has 1 atom stereocenters. The second-order valence-corrected chi connectivity index (χ2v) is 3.50. The largest absolute Gasteiger partial charge is 0.286 e. The molecule has 16 heavy (non-hydrogen) atoms. The molecule has 1 aliphatic heterocycles. The maximum Gasteiger partial charge on any atom is 0.0837 e. The number of rotatable bonds is 3. The van der Waals surface area contributed by atoms with Gasteiger partial charge in [0.2, 0.25) is 0 Å². The van der Waals surface area contributed by atoms with Crippen LogP contribution >= 0.6 is 0 Å². The monoisotopic (exact) mass is 216 g/mol. The standard InChI is InChI=1S/C12H18N2.C2H2/c1-4-5-6-11(13-3)12-8-7-10(2)9-14-12;1-2/h5-6,8-10H,4,7H2,1-3H3;1-2H/b6-5-,13-11?;. The van der Waals surface area contributed by atoms with Gasteiger partial charge in [0, 0.05) is 13.3 Å². The fourth-order valence-electron chi connectivity index (χ4n) is 1.29. The lowest BCUT2D eigenvalue weighted by Crippen LogP contribution is -2.06. The summed E-state index contributed by atoms with van der Waals surface area (Å²) >= 11 is 0. The van der Waals surface area contributed by atoms with Crippen LogP contribution in [0.2, 0.25) is 0 Å². The number of hydrogen-bond donors (Lipinski definition) is 0. The molecular formula is C14H20N2. The zero-order valence-electron chi connectivity index (χ0n) is 10.4. The van der Waals surface area contributed by atoms with E-state index in [0.717, 1.165) is 24.3 Å². The van der Waals surface area contributed by atoms with Crippen LogP contribution in [0.1, 0.15) is 26.7 Å². The van der Waals surface area contributed by atoms with E-state index >= 15 is 0 Å². The van der Waals surface area contributed by atoms with Crippen molar-refractivity contribution in [1.82, 2.24) is 0 Å². The summed E-state index contributed by atoms with van der Waals surface area (Å²) in [5.74, 6) is 0.562. The van der Waals surface area contributed by atoms with Gasteiger partial charge in [0.05, 0.1) is 11.4 Å². The first kappa shape index (κ1) is 14.4. The van der Waals surface area contributed by atoms with Crippen LogP contribution in [0.15, 0.2) is 33.9 Å². The molecule has 0 aliphatic carbocycles. The second-order valence-electron chi connectivity index (χ2n) is 3.50. The van der Waals surface area contributed by atoms with Crippen molar-refractivity contribution in [3.8, 4) is 12.8 Å². The molecule has 0 spiro atoms. The van der Waals surface area contributed by atoms with E-state index in [1.54, 1.807) is 0 Å². The van der Waals surface area contributed by atoms with Crippen molar-refractivity contribution < 1.29 is 0 Å². The van der Waals surface area contributed by atoms with Crippen LogP contribution in [0.5, 0.6) is 0 Å². The number of nitrogens with zero attached hydrogens (tertiary/aromatic N) is 2. The van der Waals surface area contributed by atoms with Crippen molar-refractivity contribution in [2.45, 2.75) is 26.7 Å². The van der Waals surface area contributed by atoms with E-state index in [9.17, 15) is 0 Å². The number of allylic oxidation sites excluding steroid dienone is 3. The van der Waals surface area contributed by atoms with E-state index < -0.39 is 0 Å². The highest BCUT2D eigenvalue weighted by Crippen LogP contribution is 2.13. The highest BCUT2D eigenvalue weighted by atomic mass is 14.8. The zero-order valence-corrected chi connectivity index (χ0v) is 10.4. The highest BCUT2D eigenvalue weighted by molar-refractivity contribution is 6.09. The third kappa shape index (κ3) is 4.75. The summed E-state index contributed by atoms with van der Waals surface area (Å²) in [6.45, 7) is 4.28. The maximum absolute atomic E-state index is 4.39. The van der Waals surface area contributed by atoms with Gasteiger partial charge in [-0.15, -0.1) is 12.8 Å². The van der Waals surface area contributed by atoms with E-state index in [0.29, 0.717) is 5.92 Å². The first-order valence-corrected chi connectivity index (χ1v) is 5.49. The molecule has 0 saturated carbocycles. The van der Waals surface area contributed by atoms with E-state index in [1.807, 2.05) is 19.3 Å². The third-order valence-corrected chi connectivity index (χ3v) is 2.17. The minimum atomic E-state index is 0.562. The van der Waals surface area contributed by atoms with Gasteiger partial charge < -0.3 is 0 Å². The second kappa shape index (κ2) is 8.67. The minimum absolute atomic E-state index is 0.562. The van der Waals surface area contributed by atoms with Gasteiger partial charge in [0.15, 0.2) is 0 Å². The SMILES string of the molecule is C#C.CC/C=C\C(=NC)C1=CCC(C)C=N1. The van der Waals surface area contributed by atoms with Gasteiger partial charge in [-0.1, -0.05) is 26.0 Å². The van der Waals surface area contributed by atoms with Crippen LogP contribution in [0.25, 0.3) is 0 Å². The molecule has 0 N–H and O–H groups in total. The molecule has 1 heterocycles. The maximum atomic E-state index is 4.39. The van der Waals surface area contributed by atoms with Crippen molar-refractivity contribution >= 4 is 11.9 Å². The first-order chi connectivity index (χ1) is 7.77. The Balaban J connectivity index is 0.00000106. The quantitative estimate of drug-likeness (QED) is 0.511. The van der Waals surface area contributed by atoms with E-state index in [2.05, 4.69) is 48.8 Å². The average molecular weight is 216 g/mol. The van der Waals surface area contributed by atoms with Crippen molar-refractivity contribution in [3.63, 3.8) is 0 Å². The van der Waals surface area contributed by atoms with E-state index in [-0.39, 0.29) is 0 Å². The topological polar surface area (TPSA) is 24.7 Å². The Bertz CT molecular complexity index is 328. The van der Waals surface area contributed by atoms with Gasteiger partial charge in [0.25, 0.3) is 0 Å². The molecule has 2 heteroatoms. The van der Waals surface area contributed by atoms with Gasteiger partial charge >= 0.3 is 0 Å². The Morgan fingerprint density at radius 2 is 2.31 bits per heavy atom. The van der Waals surface area contributed by atoms with Crippen molar-refractivity contribution in [2.75, 3.05) is 7.05 Å². The predicted octanol–water partition coefficient (Wildman–Crippen LogP) is 3.27. The Morgan fingerprint density at radius 3 is 2.75 bits per heavy atom. The van der Waals surface area contributed by atoms with Crippen molar-refractivity contribution in [3.05, 3.63) is 23.9 Å². The van der Waals surface area contributed by atoms with E-state index in [4.69, 9.17) is 0 Å². The Kier molecular flexibility index (Phi) is 7.79. The van der Waals surface area contributed by atoms with Crippen LogP contribution in [0, 0.1) is 18.8 Å². The van der Waals surface area contributed by atoms with Gasteiger partial charge in [-0.2, -0.15) is 0 Å². The molecule has 0 saturated heterocycles. The number of terminal acetylenes is 1. The molecule has 0 bridgehead atoms. The van der Waals surface area contributed by atoms with Crippen molar-refractivity contribution in [1.29, 1.82) is 0 Å². The molecular weight excluding hydrogens is 196 g/mol. The summed E-state index contributed by atoms with van der Waals surface area (Å²) in [5, 5.41) is 0. The molecule has 1 rings (SSSR count). The Hall–Kier alpha value is -1.62. The third-order valence-electron chi connectivity index (χ3n) is 2.17. The van der Waals surface area contributed by atoms with Gasteiger partial charge in [-0.3, -0.25) is 9.98 Å². The lowest BCUT2D eigenvalue weighted by molar-refractivity contribution is 0.791. The fraction of sp³-hybridized carbons (Fsp3) is 0.429. The van der Waals surface area contributed by atoms with Gasteiger partial charge in [-0.05, 0) is 24.8 Å². The van der Waals surface area contributed by atoms with Crippen LogP contribution in [-0.4, -0.2) is 19.0 Å². The summed E-state index contributed by atoms with van der Waals surface area (Å²) < 4.78 is 0. The van der Waals surface area contributed by atoms with Gasteiger partial charge in [0.1, 0.15) is 0 Å². The lowest BCUT2D eigenvalue weighted by Gasteiger charge is -2.10. The summed E-state index contributed by atoms with van der Waals surface area (Å²) in [4.78, 5) is 8.61. The molecule has 2 nitrogen and oxygen atoms in total. The summed E-state index contributed by atoms with van der Waals surface area (Å²) in [6.07, 6.45) is 18.4. The molecule has 0 amide bonds. The molecule has 1 unspecified atom stereocenters. The molecule has 86 valence electrons. The fourth-order valence-corrected chi connectivity index (χ4v) is 1.29.